The smallest absolute Gasteiger partial charge is 0.136 e. The van der Waals surface area contributed by atoms with Gasteiger partial charge in [0.05, 0.1) is 6.61 Å². The fraction of sp³-hybridized carbons (Fsp3) is 0.556. The predicted octanol–water partition coefficient (Wildman–Crippen LogP) is 2.17. The number of aliphatic hydroxyl groups excluding tert-OH is 1. The normalized spacial score (nSPS) is 10.5. The largest absolute Gasteiger partial charge is 0.396 e. The lowest BCUT2D eigenvalue weighted by molar-refractivity contribution is 0.322. The van der Waals surface area contributed by atoms with E-state index in [0.29, 0.717) is 10.9 Å². The van der Waals surface area contributed by atoms with E-state index in [-0.39, 0.29) is 6.61 Å². The van der Waals surface area contributed by atoms with Gasteiger partial charge in [-0.25, -0.2) is 9.97 Å². The molecule has 0 aliphatic carbocycles. The van der Waals surface area contributed by atoms with Crippen LogP contribution in [0, 0.1) is 0 Å². The topological polar surface area (TPSA) is 46.0 Å². The minimum atomic E-state index is 0.151. The highest BCUT2D eigenvalue weighted by molar-refractivity contribution is 7.99. The molecule has 5 heteroatoms. The third kappa shape index (κ3) is 3.12. The molecule has 1 aromatic heterocycles. The van der Waals surface area contributed by atoms with Gasteiger partial charge in [0.15, 0.2) is 0 Å². The zero-order valence-electron chi connectivity index (χ0n) is 8.03. The van der Waals surface area contributed by atoms with E-state index in [9.17, 15) is 0 Å². The molecule has 1 N–H and O–H groups in total. The Kier molecular flexibility index (Phi) is 5.22. The molecule has 0 aromatic carbocycles. The third-order valence-corrected chi connectivity index (χ3v) is 3.02. The molecule has 0 amide bonds. The molecule has 0 bridgehead atoms. The summed E-state index contributed by atoms with van der Waals surface area (Å²) in [6.45, 7) is 2.24. The van der Waals surface area contributed by atoms with Gasteiger partial charge in [-0.15, -0.1) is 11.8 Å². The van der Waals surface area contributed by atoms with Crippen LogP contribution in [0.2, 0.25) is 5.15 Å². The van der Waals surface area contributed by atoms with Gasteiger partial charge in [-0.2, -0.15) is 0 Å². The van der Waals surface area contributed by atoms with E-state index in [4.69, 9.17) is 16.7 Å². The highest BCUT2D eigenvalue weighted by Crippen LogP contribution is 2.25. The molecule has 0 aliphatic heterocycles. The summed E-state index contributed by atoms with van der Waals surface area (Å²) in [6.07, 6.45) is 3.36. The number of aromatic nitrogens is 2. The molecule has 0 atom stereocenters. The van der Waals surface area contributed by atoms with E-state index in [0.717, 1.165) is 23.4 Å². The van der Waals surface area contributed by atoms with Crippen LogP contribution < -0.4 is 0 Å². The molecular formula is C9H13ClN2OS. The van der Waals surface area contributed by atoms with Crippen LogP contribution in [-0.2, 0) is 6.42 Å². The first-order valence-electron chi connectivity index (χ1n) is 4.52. The number of hydrogen-bond acceptors (Lipinski definition) is 4. The minimum absolute atomic E-state index is 0.151. The van der Waals surface area contributed by atoms with Crippen molar-refractivity contribution in [2.45, 2.75) is 24.8 Å². The van der Waals surface area contributed by atoms with E-state index in [1.807, 2.05) is 0 Å². The summed E-state index contributed by atoms with van der Waals surface area (Å²) < 4.78 is 0. The Hall–Kier alpha value is -0.320. The average Bonchev–Trinajstić information content (AvgIpc) is 2.19. The van der Waals surface area contributed by atoms with Crippen LogP contribution in [0.4, 0.5) is 0 Å². The van der Waals surface area contributed by atoms with Crippen molar-refractivity contribution in [1.82, 2.24) is 9.97 Å². The maximum Gasteiger partial charge on any atom is 0.136 e. The van der Waals surface area contributed by atoms with Crippen LogP contribution in [0.5, 0.6) is 0 Å². The van der Waals surface area contributed by atoms with Gasteiger partial charge in [-0.05, 0) is 6.42 Å². The minimum Gasteiger partial charge on any atom is -0.396 e. The first-order valence-corrected chi connectivity index (χ1v) is 5.89. The molecule has 0 unspecified atom stereocenters. The Balaban J connectivity index is 2.83. The van der Waals surface area contributed by atoms with Crippen molar-refractivity contribution < 1.29 is 5.11 Å². The lowest BCUT2D eigenvalue weighted by atomic mass is 10.2. The van der Waals surface area contributed by atoms with Crippen molar-refractivity contribution in [2.75, 3.05) is 12.4 Å². The monoisotopic (exact) mass is 232 g/mol. The number of thioether (sulfide) groups is 1. The van der Waals surface area contributed by atoms with Gasteiger partial charge in [0.2, 0.25) is 0 Å². The molecule has 1 aromatic rings. The van der Waals surface area contributed by atoms with Gasteiger partial charge in [0.25, 0.3) is 0 Å². The van der Waals surface area contributed by atoms with E-state index in [1.54, 1.807) is 0 Å². The van der Waals surface area contributed by atoms with E-state index in [2.05, 4.69) is 16.9 Å². The molecule has 78 valence electrons. The Morgan fingerprint density at radius 3 is 2.93 bits per heavy atom. The van der Waals surface area contributed by atoms with Crippen LogP contribution >= 0.6 is 23.4 Å². The van der Waals surface area contributed by atoms with E-state index < -0.39 is 0 Å². The van der Waals surface area contributed by atoms with Crippen molar-refractivity contribution in [2.24, 2.45) is 0 Å². The summed E-state index contributed by atoms with van der Waals surface area (Å²) in [5.41, 5.74) is 0.995. The standard InChI is InChI=1S/C9H13ClN2OS/c1-2-3-7-8(10)11-6-12-9(7)14-5-4-13/h6,13H,2-5H2,1H3. The Labute approximate surface area is 92.9 Å². The quantitative estimate of drug-likeness (QED) is 0.624. The molecule has 3 nitrogen and oxygen atoms in total. The molecule has 14 heavy (non-hydrogen) atoms. The molecule has 0 saturated carbocycles. The molecule has 0 aliphatic rings. The third-order valence-electron chi connectivity index (χ3n) is 1.68. The summed E-state index contributed by atoms with van der Waals surface area (Å²) in [5, 5.41) is 10.1. The molecule has 0 spiro atoms. The Morgan fingerprint density at radius 1 is 1.50 bits per heavy atom. The van der Waals surface area contributed by atoms with Gasteiger partial charge < -0.3 is 5.11 Å². The maximum atomic E-state index is 8.72. The SMILES string of the molecule is CCCc1c(Cl)ncnc1SCCO. The van der Waals surface area contributed by atoms with Gasteiger partial charge in [-0.3, -0.25) is 0 Å². The Bertz CT molecular complexity index is 296. The van der Waals surface area contributed by atoms with E-state index >= 15 is 0 Å². The highest BCUT2D eigenvalue weighted by Gasteiger charge is 2.08. The van der Waals surface area contributed by atoms with Gasteiger partial charge in [0, 0.05) is 11.3 Å². The van der Waals surface area contributed by atoms with E-state index in [1.165, 1.54) is 18.1 Å². The second kappa shape index (κ2) is 6.22. The van der Waals surface area contributed by atoms with Crippen LogP contribution in [0.3, 0.4) is 0 Å². The molecule has 0 radical (unpaired) electrons. The second-order valence-electron chi connectivity index (χ2n) is 2.77. The van der Waals surface area contributed by atoms with Crippen LogP contribution in [-0.4, -0.2) is 27.4 Å². The van der Waals surface area contributed by atoms with Crippen LogP contribution in [0.25, 0.3) is 0 Å². The zero-order valence-corrected chi connectivity index (χ0v) is 9.61. The van der Waals surface area contributed by atoms with Crippen molar-refractivity contribution in [3.8, 4) is 0 Å². The van der Waals surface area contributed by atoms with Crippen molar-refractivity contribution in [1.29, 1.82) is 0 Å². The van der Waals surface area contributed by atoms with Gasteiger partial charge >= 0.3 is 0 Å². The lowest BCUT2D eigenvalue weighted by Crippen LogP contribution is -1.97. The summed E-state index contributed by atoms with van der Waals surface area (Å²) >= 11 is 7.48. The fourth-order valence-corrected chi connectivity index (χ4v) is 2.17. The number of halogens is 1. The summed E-state index contributed by atoms with van der Waals surface area (Å²) in [7, 11) is 0. The first kappa shape index (κ1) is 11.8. The van der Waals surface area contributed by atoms with Crippen LogP contribution in [0.15, 0.2) is 11.4 Å². The first-order chi connectivity index (χ1) is 6.79. The summed E-state index contributed by atoms with van der Waals surface area (Å²) in [4.78, 5) is 8.10. The zero-order chi connectivity index (χ0) is 10.4. The number of aliphatic hydroxyl groups is 1. The second-order valence-corrected chi connectivity index (χ2v) is 4.21. The lowest BCUT2D eigenvalue weighted by Gasteiger charge is -2.07. The Morgan fingerprint density at radius 2 is 2.29 bits per heavy atom. The van der Waals surface area contributed by atoms with Gasteiger partial charge in [-0.1, -0.05) is 24.9 Å². The molecule has 0 fully saturated rings. The number of nitrogens with zero attached hydrogens (tertiary/aromatic N) is 2. The maximum absolute atomic E-state index is 8.72. The molecule has 0 saturated heterocycles. The number of hydrogen-bond donors (Lipinski definition) is 1. The van der Waals surface area contributed by atoms with Crippen LogP contribution in [0.1, 0.15) is 18.9 Å². The number of rotatable bonds is 5. The van der Waals surface area contributed by atoms with Crippen molar-refractivity contribution >= 4 is 23.4 Å². The molecule has 1 rings (SSSR count). The molecular weight excluding hydrogens is 220 g/mol. The fourth-order valence-electron chi connectivity index (χ4n) is 1.10. The average molecular weight is 233 g/mol. The summed E-state index contributed by atoms with van der Waals surface area (Å²) in [5.74, 6) is 0.643. The summed E-state index contributed by atoms with van der Waals surface area (Å²) in [6, 6.07) is 0. The predicted molar refractivity (Wildman–Crippen MR) is 58.8 cm³/mol. The van der Waals surface area contributed by atoms with Gasteiger partial charge in [0.1, 0.15) is 16.5 Å². The van der Waals surface area contributed by atoms with Crippen molar-refractivity contribution in [3.63, 3.8) is 0 Å². The van der Waals surface area contributed by atoms with Crippen molar-refractivity contribution in [3.05, 3.63) is 17.0 Å². The molecule has 1 heterocycles. The highest BCUT2D eigenvalue weighted by atomic mass is 35.5.